The van der Waals surface area contributed by atoms with Crippen molar-refractivity contribution in [3.05, 3.63) is 10.4 Å². The van der Waals surface area contributed by atoms with Crippen molar-refractivity contribution in [1.82, 2.24) is 5.32 Å². The Morgan fingerprint density at radius 2 is 2.22 bits per heavy atom. The van der Waals surface area contributed by atoms with E-state index in [0.29, 0.717) is 13.1 Å². The zero-order valence-corrected chi connectivity index (χ0v) is 11.4. The number of methoxy groups -OCH3 is 1. The van der Waals surface area contributed by atoms with Crippen LogP contribution >= 0.6 is 0 Å². The van der Waals surface area contributed by atoms with Crippen molar-refractivity contribution in [2.24, 2.45) is 10.5 Å². The van der Waals surface area contributed by atoms with Gasteiger partial charge in [-0.2, -0.15) is 0 Å². The Bertz CT molecular complexity index is 350. The van der Waals surface area contributed by atoms with Crippen LogP contribution in [0.15, 0.2) is 5.11 Å². The summed E-state index contributed by atoms with van der Waals surface area (Å²) in [5, 5.41) is 6.71. The van der Waals surface area contributed by atoms with Crippen molar-refractivity contribution in [3.63, 3.8) is 0 Å². The summed E-state index contributed by atoms with van der Waals surface area (Å²) in [6, 6.07) is 0. The van der Waals surface area contributed by atoms with Crippen molar-refractivity contribution in [2.45, 2.75) is 45.1 Å². The van der Waals surface area contributed by atoms with Crippen LogP contribution in [0.3, 0.4) is 0 Å². The number of azide groups is 1. The van der Waals surface area contributed by atoms with Gasteiger partial charge in [-0.1, -0.05) is 25.4 Å². The molecule has 1 fully saturated rings. The van der Waals surface area contributed by atoms with Gasteiger partial charge in [-0.05, 0) is 30.2 Å². The van der Waals surface area contributed by atoms with Crippen LogP contribution < -0.4 is 5.32 Å². The van der Waals surface area contributed by atoms with Crippen LogP contribution in [-0.2, 0) is 9.53 Å². The van der Waals surface area contributed by atoms with Gasteiger partial charge in [-0.25, -0.2) is 0 Å². The molecule has 1 N–H and O–H groups in total. The van der Waals surface area contributed by atoms with E-state index in [1.807, 2.05) is 0 Å². The fourth-order valence-electron chi connectivity index (χ4n) is 2.84. The van der Waals surface area contributed by atoms with E-state index >= 15 is 0 Å². The third kappa shape index (κ3) is 3.62. The van der Waals surface area contributed by atoms with Crippen LogP contribution in [-0.4, -0.2) is 31.7 Å². The molecule has 1 aliphatic rings. The molecule has 0 aromatic carbocycles. The molecule has 0 bridgehead atoms. The van der Waals surface area contributed by atoms with E-state index in [0.717, 1.165) is 25.7 Å². The first-order valence-electron chi connectivity index (χ1n) is 6.30. The van der Waals surface area contributed by atoms with Crippen molar-refractivity contribution in [2.75, 3.05) is 20.2 Å². The van der Waals surface area contributed by atoms with E-state index in [9.17, 15) is 4.79 Å². The Balaban J connectivity index is 2.75. The van der Waals surface area contributed by atoms with Crippen molar-refractivity contribution in [3.8, 4) is 0 Å². The smallest absolute Gasteiger partial charge is 0.326 e. The normalized spacial score (nSPS) is 26.2. The lowest BCUT2D eigenvalue weighted by Gasteiger charge is -2.43. The highest BCUT2D eigenvalue weighted by Gasteiger charge is 2.45. The van der Waals surface area contributed by atoms with E-state index in [4.69, 9.17) is 10.3 Å². The molecule has 6 nitrogen and oxygen atoms in total. The van der Waals surface area contributed by atoms with Crippen molar-refractivity contribution >= 4 is 5.97 Å². The minimum absolute atomic E-state index is 0.123. The molecule has 6 heteroatoms. The van der Waals surface area contributed by atoms with Gasteiger partial charge in [0.1, 0.15) is 5.54 Å². The molecule has 18 heavy (non-hydrogen) atoms. The van der Waals surface area contributed by atoms with E-state index < -0.39 is 5.54 Å². The van der Waals surface area contributed by atoms with Crippen LogP contribution in [0.2, 0.25) is 0 Å². The number of nitrogens with zero attached hydrogens (tertiary/aromatic N) is 3. The Morgan fingerprint density at radius 1 is 1.50 bits per heavy atom. The number of hydrogen-bond donors (Lipinski definition) is 1. The summed E-state index contributed by atoms with van der Waals surface area (Å²) in [7, 11) is 1.42. The summed E-state index contributed by atoms with van der Waals surface area (Å²) in [6.45, 7) is 5.17. The topological polar surface area (TPSA) is 87.1 Å². The molecule has 0 aromatic heterocycles. The first kappa shape index (κ1) is 14.8. The van der Waals surface area contributed by atoms with Gasteiger partial charge in [-0.3, -0.25) is 4.79 Å². The SMILES string of the molecule is COC(=O)C1(NCCN=[N+]=[N-])CCCC(C)(C)C1. The van der Waals surface area contributed by atoms with Crippen LogP contribution in [0, 0.1) is 5.41 Å². The number of carbonyl (C=O) groups excluding carboxylic acids is 1. The maximum Gasteiger partial charge on any atom is 0.326 e. The molecule has 0 aromatic rings. The molecule has 0 amide bonds. The minimum atomic E-state index is -0.624. The predicted molar refractivity (Wildman–Crippen MR) is 69.0 cm³/mol. The Labute approximate surface area is 108 Å². The van der Waals surface area contributed by atoms with E-state index in [1.165, 1.54) is 7.11 Å². The minimum Gasteiger partial charge on any atom is -0.468 e. The molecule has 1 aliphatic carbocycles. The number of rotatable bonds is 5. The summed E-state index contributed by atoms with van der Waals surface area (Å²) >= 11 is 0. The molecule has 1 atom stereocenters. The number of esters is 1. The second kappa shape index (κ2) is 6.07. The standard InChI is InChI=1S/C12H22N4O2/c1-11(2)5-4-6-12(9-11,10(17)18-3)14-7-8-15-16-13/h14H,4-9H2,1-3H3. The van der Waals surface area contributed by atoms with Gasteiger partial charge in [0.05, 0.1) is 7.11 Å². The molecular formula is C12H22N4O2. The molecular weight excluding hydrogens is 232 g/mol. The van der Waals surface area contributed by atoms with Crippen LogP contribution in [0.1, 0.15) is 39.5 Å². The van der Waals surface area contributed by atoms with E-state index in [-0.39, 0.29) is 11.4 Å². The zero-order chi connectivity index (χ0) is 13.6. The van der Waals surface area contributed by atoms with Crippen molar-refractivity contribution in [1.29, 1.82) is 0 Å². The lowest BCUT2D eigenvalue weighted by atomic mass is 9.68. The molecule has 1 saturated carbocycles. The molecule has 0 saturated heterocycles. The highest BCUT2D eigenvalue weighted by atomic mass is 16.5. The summed E-state index contributed by atoms with van der Waals surface area (Å²) in [4.78, 5) is 14.8. The lowest BCUT2D eigenvalue weighted by molar-refractivity contribution is -0.152. The average molecular weight is 254 g/mol. The fraction of sp³-hybridized carbons (Fsp3) is 0.917. The number of carbonyl (C=O) groups is 1. The third-order valence-electron chi connectivity index (χ3n) is 3.55. The van der Waals surface area contributed by atoms with Gasteiger partial charge in [0.25, 0.3) is 0 Å². The largest absolute Gasteiger partial charge is 0.468 e. The van der Waals surface area contributed by atoms with Crippen LogP contribution in [0.5, 0.6) is 0 Å². The maximum absolute atomic E-state index is 12.1. The van der Waals surface area contributed by atoms with Crippen molar-refractivity contribution < 1.29 is 9.53 Å². The Hall–Kier alpha value is -1.26. The molecule has 0 radical (unpaired) electrons. The number of hydrogen-bond acceptors (Lipinski definition) is 4. The van der Waals surface area contributed by atoms with Gasteiger partial charge in [0, 0.05) is 18.0 Å². The average Bonchev–Trinajstić information content (AvgIpc) is 2.32. The quantitative estimate of drug-likeness (QED) is 0.269. The monoisotopic (exact) mass is 254 g/mol. The molecule has 1 rings (SSSR count). The second-order valence-electron chi connectivity index (χ2n) is 5.65. The van der Waals surface area contributed by atoms with Gasteiger partial charge < -0.3 is 10.1 Å². The molecule has 0 spiro atoms. The predicted octanol–water partition coefficient (Wildman–Crippen LogP) is 2.40. The first-order valence-corrected chi connectivity index (χ1v) is 6.30. The third-order valence-corrected chi connectivity index (χ3v) is 3.55. The maximum atomic E-state index is 12.1. The van der Waals surface area contributed by atoms with E-state index in [2.05, 4.69) is 29.2 Å². The van der Waals surface area contributed by atoms with Gasteiger partial charge in [-0.15, -0.1) is 0 Å². The lowest BCUT2D eigenvalue weighted by Crippen LogP contribution is -2.57. The summed E-state index contributed by atoms with van der Waals surface area (Å²) in [6.07, 6.45) is 3.64. The zero-order valence-electron chi connectivity index (χ0n) is 11.4. The number of ether oxygens (including phenoxy) is 1. The molecule has 1 unspecified atom stereocenters. The van der Waals surface area contributed by atoms with Crippen LogP contribution in [0.4, 0.5) is 0 Å². The van der Waals surface area contributed by atoms with Gasteiger partial charge >= 0.3 is 5.97 Å². The van der Waals surface area contributed by atoms with Gasteiger partial charge in [0.15, 0.2) is 0 Å². The first-order chi connectivity index (χ1) is 8.46. The summed E-state index contributed by atoms with van der Waals surface area (Å²) < 4.78 is 4.94. The fourth-order valence-corrected chi connectivity index (χ4v) is 2.84. The second-order valence-corrected chi connectivity index (χ2v) is 5.65. The summed E-state index contributed by atoms with van der Waals surface area (Å²) in [5.74, 6) is -0.212. The molecule has 0 heterocycles. The van der Waals surface area contributed by atoms with E-state index in [1.54, 1.807) is 0 Å². The number of nitrogens with one attached hydrogen (secondary N) is 1. The molecule has 102 valence electrons. The molecule has 0 aliphatic heterocycles. The Kier molecular flexibility index (Phi) is 4.99. The van der Waals surface area contributed by atoms with Crippen LogP contribution in [0.25, 0.3) is 10.4 Å². The van der Waals surface area contributed by atoms with Gasteiger partial charge in [0.2, 0.25) is 0 Å². The Morgan fingerprint density at radius 3 is 2.78 bits per heavy atom. The summed E-state index contributed by atoms with van der Waals surface area (Å²) in [5.41, 5.74) is 7.74. The highest BCUT2D eigenvalue weighted by molar-refractivity contribution is 5.81. The highest BCUT2D eigenvalue weighted by Crippen LogP contribution is 2.41.